The number of amides is 1. The van der Waals surface area contributed by atoms with E-state index in [4.69, 9.17) is 27.9 Å². The van der Waals surface area contributed by atoms with E-state index >= 15 is 0 Å². The van der Waals surface area contributed by atoms with Gasteiger partial charge >= 0.3 is 5.97 Å². The third-order valence-electron chi connectivity index (χ3n) is 3.87. The summed E-state index contributed by atoms with van der Waals surface area (Å²) >= 11 is 11.7. The molecule has 0 aliphatic carbocycles. The van der Waals surface area contributed by atoms with Crippen LogP contribution in [0.1, 0.15) is 21.5 Å². The Morgan fingerprint density at radius 3 is 2.30 bits per heavy atom. The predicted molar refractivity (Wildman–Crippen MR) is 119 cm³/mol. The molecule has 0 unspecified atom stereocenters. The summed E-state index contributed by atoms with van der Waals surface area (Å²) in [6, 6.07) is 20.7. The number of halogens is 2. The van der Waals surface area contributed by atoms with Crippen molar-refractivity contribution in [3.63, 3.8) is 0 Å². The minimum atomic E-state index is -0.478. The van der Waals surface area contributed by atoms with Crippen molar-refractivity contribution in [1.29, 1.82) is 0 Å². The fourth-order valence-electron chi connectivity index (χ4n) is 2.37. The summed E-state index contributed by atoms with van der Waals surface area (Å²) in [7, 11) is 0. The molecule has 0 bridgehead atoms. The molecule has 0 saturated heterocycles. The van der Waals surface area contributed by atoms with Crippen LogP contribution in [0.15, 0.2) is 84.0 Å². The van der Waals surface area contributed by atoms with Crippen LogP contribution in [0, 0.1) is 0 Å². The molecule has 1 amide bonds. The molecular weight excluding hydrogens is 423 g/mol. The fourth-order valence-corrected chi connectivity index (χ4v) is 2.67. The highest BCUT2D eigenvalue weighted by Crippen LogP contribution is 2.22. The highest BCUT2D eigenvalue weighted by molar-refractivity contribution is 6.42. The molecule has 0 aliphatic heterocycles. The van der Waals surface area contributed by atoms with Crippen LogP contribution >= 0.6 is 23.2 Å². The lowest BCUT2D eigenvalue weighted by molar-refractivity contribution is -0.128. The molecule has 3 aromatic carbocycles. The fraction of sp³-hybridized carbons (Fsp3) is 0. The van der Waals surface area contributed by atoms with E-state index < -0.39 is 11.9 Å². The molecule has 0 radical (unpaired) electrons. The molecule has 3 rings (SSSR count). The Hall–Kier alpha value is -3.41. The van der Waals surface area contributed by atoms with Gasteiger partial charge in [-0.1, -0.05) is 53.5 Å². The van der Waals surface area contributed by atoms with Crippen molar-refractivity contribution in [2.45, 2.75) is 0 Å². The van der Waals surface area contributed by atoms with E-state index in [9.17, 15) is 9.59 Å². The molecule has 0 aliphatic rings. The van der Waals surface area contributed by atoms with E-state index in [-0.39, 0.29) is 5.02 Å². The summed E-state index contributed by atoms with van der Waals surface area (Å²) in [5.74, 6) is -0.496. The lowest BCUT2D eigenvalue weighted by atomic mass is 10.2. The number of esters is 1. The summed E-state index contributed by atoms with van der Waals surface area (Å²) in [6.07, 6.45) is 4.51. The zero-order valence-electron chi connectivity index (χ0n) is 15.6. The average Bonchev–Trinajstić information content (AvgIpc) is 2.76. The summed E-state index contributed by atoms with van der Waals surface area (Å²) in [5, 5.41) is 4.56. The van der Waals surface area contributed by atoms with Crippen molar-refractivity contribution in [3.05, 3.63) is 106 Å². The zero-order valence-corrected chi connectivity index (χ0v) is 17.1. The minimum absolute atomic E-state index is 0.289. The van der Waals surface area contributed by atoms with E-state index in [1.165, 1.54) is 24.4 Å². The Morgan fingerprint density at radius 1 is 0.867 bits per heavy atom. The first-order valence-corrected chi connectivity index (χ1v) is 9.60. The van der Waals surface area contributed by atoms with Crippen molar-refractivity contribution >= 4 is 47.4 Å². The second-order valence-electron chi connectivity index (χ2n) is 6.06. The maximum absolute atomic E-state index is 12.0. The Labute approximate surface area is 183 Å². The lowest BCUT2D eigenvalue weighted by Gasteiger charge is -2.03. The molecule has 1 N–H and O–H groups in total. The van der Waals surface area contributed by atoms with Crippen LogP contribution in [-0.4, -0.2) is 18.1 Å². The Morgan fingerprint density at radius 2 is 1.60 bits per heavy atom. The monoisotopic (exact) mass is 438 g/mol. The van der Waals surface area contributed by atoms with Crippen LogP contribution < -0.4 is 10.2 Å². The van der Waals surface area contributed by atoms with Gasteiger partial charge in [-0.15, -0.1) is 0 Å². The van der Waals surface area contributed by atoms with Crippen molar-refractivity contribution in [2.24, 2.45) is 5.10 Å². The first-order valence-electron chi connectivity index (χ1n) is 8.85. The van der Waals surface area contributed by atoms with E-state index in [1.54, 1.807) is 36.4 Å². The molecule has 7 heteroatoms. The van der Waals surface area contributed by atoms with Crippen molar-refractivity contribution in [3.8, 4) is 5.75 Å². The van der Waals surface area contributed by atoms with Gasteiger partial charge in [-0.05, 0) is 59.7 Å². The van der Waals surface area contributed by atoms with E-state index in [0.717, 1.165) is 5.56 Å². The molecule has 0 heterocycles. The number of nitrogens with zero attached hydrogens (tertiary/aromatic N) is 1. The first kappa shape index (κ1) is 21.3. The van der Waals surface area contributed by atoms with Gasteiger partial charge in [0.1, 0.15) is 5.75 Å². The van der Waals surface area contributed by atoms with Crippen molar-refractivity contribution in [2.75, 3.05) is 0 Å². The number of carbonyl (C=O) groups is 2. The van der Waals surface area contributed by atoms with Gasteiger partial charge in [-0.2, -0.15) is 5.10 Å². The van der Waals surface area contributed by atoms with Crippen LogP contribution in [0.2, 0.25) is 10.0 Å². The number of hydrogen-bond donors (Lipinski definition) is 1. The summed E-state index contributed by atoms with van der Waals surface area (Å²) < 4.78 is 5.25. The number of ether oxygens (including phenoxy) is 1. The third-order valence-corrected chi connectivity index (χ3v) is 4.61. The standard InChI is InChI=1S/C23H16Cl2N2O3/c24-20-12-9-18(14-21(20)25)23(29)27-26-15-17-6-10-19(11-7-17)30-22(28)13-8-16-4-2-1-3-5-16/h1-15H,(H,27,29)/b13-8+,26-15+. The van der Waals surface area contributed by atoms with Crippen molar-refractivity contribution < 1.29 is 14.3 Å². The zero-order chi connectivity index (χ0) is 21.3. The number of benzene rings is 3. The Kier molecular flexibility index (Phi) is 7.38. The maximum atomic E-state index is 12.0. The van der Waals surface area contributed by atoms with Gasteiger partial charge in [0, 0.05) is 11.6 Å². The van der Waals surface area contributed by atoms with Gasteiger partial charge in [0.05, 0.1) is 16.3 Å². The maximum Gasteiger partial charge on any atom is 0.336 e. The van der Waals surface area contributed by atoms with Gasteiger partial charge in [0.15, 0.2) is 0 Å². The smallest absolute Gasteiger partial charge is 0.336 e. The highest BCUT2D eigenvalue weighted by Gasteiger charge is 2.07. The van der Waals surface area contributed by atoms with Crippen LogP contribution in [0.25, 0.3) is 6.08 Å². The second kappa shape index (κ2) is 10.4. The number of rotatable bonds is 6. The van der Waals surface area contributed by atoms with Gasteiger partial charge < -0.3 is 4.74 Å². The van der Waals surface area contributed by atoms with E-state index in [2.05, 4.69) is 10.5 Å². The number of carbonyl (C=O) groups excluding carboxylic acids is 2. The summed E-state index contributed by atoms with van der Waals surface area (Å²) in [4.78, 5) is 23.9. The molecule has 0 atom stereocenters. The van der Waals surface area contributed by atoms with Crippen LogP contribution in [0.3, 0.4) is 0 Å². The summed E-state index contributed by atoms with van der Waals surface area (Å²) in [5.41, 5.74) is 4.37. The molecule has 0 saturated carbocycles. The first-order chi connectivity index (χ1) is 14.5. The SMILES string of the molecule is O=C(/C=C/c1ccccc1)Oc1ccc(/C=N/NC(=O)c2ccc(Cl)c(Cl)c2)cc1. The number of hydrogen-bond acceptors (Lipinski definition) is 4. The van der Waals surface area contributed by atoms with E-state index in [0.29, 0.717) is 21.9 Å². The van der Waals surface area contributed by atoms with E-state index in [1.807, 2.05) is 30.3 Å². The van der Waals surface area contributed by atoms with Gasteiger partial charge in [0.2, 0.25) is 0 Å². The molecule has 150 valence electrons. The molecule has 0 spiro atoms. The van der Waals surface area contributed by atoms with Crippen LogP contribution in [0.5, 0.6) is 5.75 Å². The van der Waals surface area contributed by atoms with Crippen LogP contribution in [0.4, 0.5) is 0 Å². The van der Waals surface area contributed by atoms with Gasteiger partial charge in [0.25, 0.3) is 5.91 Å². The second-order valence-corrected chi connectivity index (χ2v) is 6.88. The largest absolute Gasteiger partial charge is 0.423 e. The van der Waals surface area contributed by atoms with Gasteiger partial charge in [-0.3, -0.25) is 4.79 Å². The molecule has 30 heavy (non-hydrogen) atoms. The molecule has 3 aromatic rings. The van der Waals surface area contributed by atoms with Crippen LogP contribution in [-0.2, 0) is 4.79 Å². The molecule has 0 fully saturated rings. The molecular formula is C23H16Cl2N2O3. The number of nitrogens with one attached hydrogen (secondary N) is 1. The lowest BCUT2D eigenvalue weighted by Crippen LogP contribution is -2.17. The number of hydrazone groups is 1. The predicted octanol–water partition coefficient (Wildman–Crippen LogP) is 5.38. The highest BCUT2D eigenvalue weighted by atomic mass is 35.5. The summed E-state index contributed by atoms with van der Waals surface area (Å²) in [6.45, 7) is 0. The van der Waals surface area contributed by atoms with Gasteiger partial charge in [-0.25, -0.2) is 10.2 Å². The topological polar surface area (TPSA) is 67.8 Å². The average molecular weight is 439 g/mol. The Balaban J connectivity index is 1.52. The van der Waals surface area contributed by atoms with Crippen molar-refractivity contribution in [1.82, 2.24) is 5.43 Å². The Bertz CT molecular complexity index is 1100. The molecule has 5 nitrogen and oxygen atoms in total. The third kappa shape index (κ3) is 6.30. The molecule has 0 aromatic heterocycles. The quantitative estimate of drug-likeness (QED) is 0.185. The normalized spacial score (nSPS) is 11.0. The minimum Gasteiger partial charge on any atom is -0.423 e.